The van der Waals surface area contributed by atoms with E-state index in [1.54, 1.807) is 46.6 Å². The van der Waals surface area contributed by atoms with Gasteiger partial charge in [-0.1, -0.05) is 30.3 Å². The third-order valence-electron chi connectivity index (χ3n) is 5.27. The second kappa shape index (κ2) is 10.3. The molecule has 0 radical (unpaired) electrons. The molecule has 0 aliphatic carbocycles. The fourth-order valence-corrected chi connectivity index (χ4v) is 5.24. The van der Waals surface area contributed by atoms with Crippen molar-refractivity contribution in [1.29, 1.82) is 0 Å². The van der Waals surface area contributed by atoms with Gasteiger partial charge in [0.05, 0.1) is 10.7 Å². The standard InChI is InChI=1S/C24H25N3O4S2/c1-19-25-22(18-32-19)17-31-23-9-7-21(8-10-23)24(28)26-12-14-27(15-13-26)33(29,30)16-11-20-5-3-2-4-6-20/h2-11,16,18H,12-15,17H2,1H3. The number of aryl methyl sites for hydroxylation is 1. The van der Waals surface area contributed by atoms with Crippen molar-refractivity contribution >= 4 is 33.3 Å². The lowest BCUT2D eigenvalue weighted by Crippen LogP contribution is -2.50. The summed E-state index contributed by atoms with van der Waals surface area (Å²) >= 11 is 1.58. The van der Waals surface area contributed by atoms with Crippen LogP contribution in [0.25, 0.3) is 6.08 Å². The van der Waals surface area contributed by atoms with Crippen LogP contribution in [0.5, 0.6) is 5.75 Å². The number of carbonyl (C=O) groups is 1. The minimum absolute atomic E-state index is 0.117. The number of sulfonamides is 1. The van der Waals surface area contributed by atoms with Crippen molar-refractivity contribution < 1.29 is 17.9 Å². The Kier molecular flexibility index (Phi) is 7.22. The summed E-state index contributed by atoms with van der Waals surface area (Å²) in [6.45, 7) is 3.55. The lowest BCUT2D eigenvalue weighted by Gasteiger charge is -2.33. The molecule has 1 aliphatic rings. The predicted octanol–water partition coefficient (Wildman–Crippen LogP) is 3.79. The van der Waals surface area contributed by atoms with Gasteiger partial charge in [0.25, 0.3) is 5.91 Å². The largest absolute Gasteiger partial charge is 0.487 e. The first kappa shape index (κ1) is 23.2. The summed E-state index contributed by atoms with van der Waals surface area (Å²) in [5.74, 6) is 0.548. The molecule has 1 saturated heterocycles. The fourth-order valence-electron chi connectivity index (χ4n) is 3.47. The molecule has 1 amide bonds. The van der Waals surface area contributed by atoms with Gasteiger partial charge in [-0.25, -0.2) is 13.4 Å². The monoisotopic (exact) mass is 483 g/mol. The van der Waals surface area contributed by atoms with Gasteiger partial charge in [-0.3, -0.25) is 4.79 Å². The van der Waals surface area contributed by atoms with Crippen LogP contribution in [-0.2, 0) is 16.6 Å². The highest BCUT2D eigenvalue weighted by Gasteiger charge is 2.27. The zero-order valence-electron chi connectivity index (χ0n) is 18.3. The molecule has 172 valence electrons. The Hall–Kier alpha value is -3.01. The first-order valence-corrected chi connectivity index (χ1v) is 13.0. The van der Waals surface area contributed by atoms with Gasteiger partial charge in [-0.15, -0.1) is 11.3 Å². The Balaban J connectivity index is 1.30. The van der Waals surface area contributed by atoms with Crippen LogP contribution in [0.2, 0.25) is 0 Å². The second-order valence-corrected chi connectivity index (χ2v) is 10.5. The van der Waals surface area contributed by atoms with Crippen molar-refractivity contribution in [3.8, 4) is 5.75 Å². The van der Waals surface area contributed by atoms with E-state index in [0.717, 1.165) is 16.3 Å². The van der Waals surface area contributed by atoms with Gasteiger partial charge >= 0.3 is 0 Å². The van der Waals surface area contributed by atoms with Crippen molar-refractivity contribution in [2.75, 3.05) is 26.2 Å². The van der Waals surface area contributed by atoms with Crippen molar-refractivity contribution in [3.05, 3.63) is 87.2 Å². The average Bonchev–Trinajstić information content (AvgIpc) is 3.27. The molecule has 2 heterocycles. The Morgan fingerprint density at radius 2 is 1.76 bits per heavy atom. The van der Waals surface area contributed by atoms with E-state index in [9.17, 15) is 13.2 Å². The summed E-state index contributed by atoms with van der Waals surface area (Å²) in [4.78, 5) is 18.9. The van der Waals surface area contributed by atoms with Gasteiger partial charge in [0.1, 0.15) is 12.4 Å². The zero-order valence-corrected chi connectivity index (χ0v) is 19.9. The summed E-state index contributed by atoms with van der Waals surface area (Å²) in [7, 11) is -3.53. The summed E-state index contributed by atoms with van der Waals surface area (Å²) in [6.07, 6.45) is 1.59. The van der Waals surface area contributed by atoms with Gasteiger partial charge in [-0.05, 0) is 42.8 Å². The molecule has 9 heteroatoms. The number of nitrogens with zero attached hydrogens (tertiary/aromatic N) is 3. The van der Waals surface area contributed by atoms with Gasteiger partial charge < -0.3 is 9.64 Å². The number of piperazine rings is 1. The van der Waals surface area contributed by atoms with E-state index in [0.29, 0.717) is 31.0 Å². The third-order valence-corrected chi connectivity index (χ3v) is 7.66. The van der Waals surface area contributed by atoms with E-state index >= 15 is 0 Å². The van der Waals surface area contributed by atoms with Crippen LogP contribution >= 0.6 is 11.3 Å². The number of carbonyl (C=O) groups excluding carboxylic acids is 1. The van der Waals surface area contributed by atoms with Crippen molar-refractivity contribution in [1.82, 2.24) is 14.2 Å². The molecule has 1 aromatic heterocycles. The smallest absolute Gasteiger partial charge is 0.253 e. The maximum atomic E-state index is 12.9. The maximum absolute atomic E-state index is 12.9. The van der Waals surface area contributed by atoms with E-state index in [1.807, 2.05) is 42.6 Å². The molecular weight excluding hydrogens is 458 g/mol. The number of thiazole rings is 1. The molecule has 0 N–H and O–H groups in total. The Morgan fingerprint density at radius 1 is 1.06 bits per heavy atom. The van der Waals surface area contributed by atoms with Gasteiger partial charge in [0.2, 0.25) is 10.0 Å². The fraction of sp³-hybridized carbons (Fsp3) is 0.250. The molecule has 2 aromatic carbocycles. The minimum atomic E-state index is -3.53. The van der Waals surface area contributed by atoms with Gasteiger partial charge in [-0.2, -0.15) is 4.31 Å². The first-order chi connectivity index (χ1) is 15.9. The van der Waals surface area contributed by atoms with Crippen molar-refractivity contribution in [3.63, 3.8) is 0 Å². The van der Waals surface area contributed by atoms with Crippen LogP contribution in [0.1, 0.15) is 26.6 Å². The SMILES string of the molecule is Cc1nc(COc2ccc(C(=O)N3CCN(S(=O)(=O)C=Cc4ccccc4)CC3)cc2)cs1. The number of ether oxygens (including phenoxy) is 1. The van der Waals surface area contributed by atoms with E-state index in [-0.39, 0.29) is 19.0 Å². The van der Waals surface area contributed by atoms with Crippen LogP contribution in [0, 0.1) is 6.92 Å². The van der Waals surface area contributed by atoms with E-state index in [1.165, 1.54) is 9.71 Å². The van der Waals surface area contributed by atoms with Crippen LogP contribution in [0.3, 0.4) is 0 Å². The highest BCUT2D eigenvalue weighted by atomic mass is 32.2. The Morgan fingerprint density at radius 3 is 2.39 bits per heavy atom. The lowest BCUT2D eigenvalue weighted by atomic mass is 10.2. The zero-order chi connectivity index (χ0) is 23.3. The van der Waals surface area contributed by atoms with E-state index in [2.05, 4.69) is 4.98 Å². The molecule has 7 nitrogen and oxygen atoms in total. The predicted molar refractivity (Wildman–Crippen MR) is 129 cm³/mol. The quantitative estimate of drug-likeness (QED) is 0.511. The van der Waals surface area contributed by atoms with Crippen molar-refractivity contribution in [2.24, 2.45) is 0 Å². The van der Waals surface area contributed by atoms with E-state index in [4.69, 9.17) is 4.74 Å². The second-order valence-electron chi connectivity index (χ2n) is 7.62. The Bertz CT molecular complexity index is 1210. The molecule has 0 bridgehead atoms. The third kappa shape index (κ3) is 6.07. The van der Waals surface area contributed by atoms with Crippen LogP contribution in [0.4, 0.5) is 0 Å². The summed E-state index contributed by atoms with van der Waals surface area (Å²) in [6, 6.07) is 16.3. The highest BCUT2D eigenvalue weighted by molar-refractivity contribution is 7.92. The number of aromatic nitrogens is 1. The molecule has 0 saturated carbocycles. The van der Waals surface area contributed by atoms with E-state index < -0.39 is 10.0 Å². The van der Waals surface area contributed by atoms with Crippen molar-refractivity contribution in [2.45, 2.75) is 13.5 Å². The first-order valence-electron chi connectivity index (χ1n) is 10.6. The molecule has 0 unspecified atom stereocenters. The molecule has 0 spiro atoms. The molecule has 3 aromatic rings. The van der Waals surface area contributed by atoms with Gasteiger partial charge in [0, 0.05) is 42.5 Å². The summed E-state index contributed by atoms with van der Waals surface area (Å²) in [5, 5.41) is 4.19. The number of rotatable bonds is 7. The molecule has 1 fully saturated rings. The number of amides is 1. The van der Waals surface area contributed by atoms with Gasteiger partial charge in [0.15, 0.2) is 0 Å². The Labute approximate surface area is 198 Å². The molecule has 0 atom stereocenters. The molecule has 4 rings (SSSR count). The summed E-state index contributed by atoms with van der Waals surface area (Å²) in [5.41, 5.74) is 2.25. The number of hydrogen-bond acceptors (Lipinski definition) is 6. The number of benzene rings is 2. The lowest BCUT2D eigenvalue weighted by molar-refractivity contribution is 0.0698. The summed E-state index contributed by atoms with van der Waals surface area (Å²) < 4.78 is 32.4. The van der Waals surface area contributed by atoms with Crippen LogP contribution in [-0.4, -0.2) is 54.7 Å². The van der Waals surface area contributed by atoms with Crippen LogP contribution < -0.4 is 4.74 Å². The highest BCUT2D eigenvalue weighted by Crippen LogP contribution is 2.18. The van der Waals surface area contributed by atoms with Crippen LogP contribution in [0.15, 0.2) is 65.4 Å². The molecule has 33 heavy (non-hydrogen) atoms. The average molecular weight is 484 g/mol. The topological polar surface area (TPSA) is 79.8 Å². The maximum Gasteiger partial charge on any atom is 0.253 e. The minimum Gasteiger partial charge on any atom is -0.487 e. The molecule has 1 aliphatic heterocycles. The molecular formula is C24H25N3O4S2. The number of hydrogen-bond donors (Lipinski definition) is 0. The normalized spacial score (nSPS) is 15.1.